The van der Waals surface area contributed by atoms with Crippen molar-refractivity contribution in [1.82, 2.24) is 26.3 Å². The molecule has 3 rings (SSSR count). The van der Waals surface area contributed by atoms with Crippen LogP contribution in [0, 0.1) is 11.8 Å². The van der Waals surface area contributed by atoms with Crippen molar-refractivity contribution in [2.75, 3.05) is 31.3 Å². The Labute approximate surface area is 258 Å². The Morgan fingerprint density at radius 2 is 1.64 bits per heavy atom. The molecule has 3 atom stereocenters. The van der Waals surface area contributed by atoms with Crippen LogP contribution >= 0.6 is 23.5 Å². The number of nitrogens with zero attached hydrogens (tertiary/aromatic N) is 1. The third kappa shape index (κ3) is 10.4. The minimum atomic E-state index is -1.16. The van der Waals surface area contributed by atoms with E-state index in [9.17, 15) is 19.2 Å². The highest BCUT2D eigenvalue weighted by Gasteiger charge is 2.43. The third-order valence-electron chi connectivity index (χ3n) is 7.67. The number of nitrogens with one attached hydrogen (secondary N) is 4. The average molecular weight is 622 g/mol. The fraction of sp³-hybridized carbons (Fsp3) is 0.700. The van der Waals surface area contributed by atoms with Crippen LogP contribution in [-0.4, -0.2) is 77.5 Å². The summed E-state index contributed by atoms with van der Waals surface area (Å²) in [6, 6.07) is 4.39. The van der Waals surface area contributed by atoms with Crippen LogP contribution in [0.25, 0.3) is 0 Å². The van der Waals surface area contributed by atoms with Crippen LogP contribution < -0.4 is 21.3 Å². The first-order valence-electron chi connectivity index (χ1n) is 15.0. The number of thioether (sulfide) groups is 2. The Morgan fingerprint density at radius 1 is 0.976 bits per heavy atom. The van der Waals surface area contributed by atoms with Crippen LogP contribution in [0.1, 0.15) is 71.2 Å². The molecule has 1 fully saturated rings. The van der Waals surface area contributed by atoms with E-state index in [-0.39, 0.29) is 30.1 Å². The van der Waals surface area contributed by atoms with Gasteiger partial charge in [0.1, 0.15) is 17.6 Å². The summed E-state index contributed by atoms with van der Waals surface area (Å²) in [5, 5.41) is 11.9. The SMILES string of the molecule is CC[C@H](C)[C@@H]1NC(=O)C(CC(C)C)NC(=O)C2(CCOCC2)NC(=O)CCSCc2cccc(n2)CSCCNC1=O. The quantitative estimate of drug-likeness (QED) is 0.403. The molecule has 1 aromatic rings. The molecule has 1 aromatic heterocycles. The van der Waals surface area contributed by atoms with E-state index < -0.39 is 29.4 Å². The third-order valence-corrected chi connectivity index (χ3v) is 9.65. The van der Waals surface area contributed by atoms with Crippen LogP contribution in [0.15, 0.2) is 18.2 Å². The van der Waals surface area contributed by atoms with Gasteiger partial charge in [-0.15, -0.1) is 0 Å². The van der Waals surface area contributed by atoms with Gasteiger partial charge in [-0.3, -0.25) is 24.2 Å². The lowest BCUT2D eigenvalue weighted by atomic mass is 9.87. The minimum Gasteiger partial charge on any atom is -0.381 e. The highest BCUT2D eigenvalue weighted by molar-refractivity contribution is 7.98. The molecule has 4 N–H and O–H groups in total. The maximum absolute atomic E-state index is 13.8. The molecule has 2 bridgehead atoms. The average Bonchev–Trinajstić information content (AvgIpc) is 2.97. The predicted molar refractivity (Wildman–Crippen MR) is 168 cm³/mol. The number of amides is 4. The second kappa shape index (κ2) is 17.1. The summed E-state index contributed by atoms with van der Waals surface area (Å²) >= 11 is 3.31. The van der Waals surface area contributed by atoms with Crippen molar-refractivity contribution in [3.05, 3.63) is 29.6 Å². The van der Waals surface area contributed by atoms with Crippen LogP contribution in [0.2, 0.25) is 0 Å². The van der Waals surface area contributed by atoms with Crippen molar-refractivity contribution in [3.63, 3.8) is 0 Å². The molecule has 4 amide bonds. The molecule has 1 spiro atoms. The van der Waals surface area contributed by atoms with E-state index in [1.807, 2.05) is 45.9 Å². The summed E-state index contributed by atoms with van der Waals surface area (Å²) in [4.78, 5) is 58.4. The number of hydrogen-bond acceptors (Lipinski definition) is 8. The van der Waals surface area contributed by atoms with Gasteiger partial charge in [0, 0.05) is 62.0 Å². The van der Waals surface area contributed by atoms with Crippen LogP contribution in [0.4, 0.5) is 0 Å². The number of fused-ring (bicyclic) bond motifs is 2. The first-order valence-corrected chi connectivity index (χ1v) is 17.3. The molecule has 0 aromatic carbocycles. The molecule has 2 aliphatic heterocycles. The fourth-order valence-electron chi connectivity index (χ4n) is 4.98. The molecular weight excluding hydrogens is 574 g/mol. The summed E-state index contributed by atoms with van der Waals surface area (Å²) in [6.07, 6.45) is 2.00. The molecular formula is C30H47N5O5S2. The molecule has 0 radical (unpaired) electrons. The van der Waals surface area contributed by atoms with Gasteiger partial charge in [-0.2, -0.15) is 23.5 Å². The van der Waals surface area contributed by atoms with E-state index in [1.54, 1.807) is 23.5 Å². The lowest BCUT2D eigenvalue weighted by Crippen LogP contribution is -2.64. The van der Waals surface area contributed by atoms with E-state index >= 15 is 0 Å². The summed E-state index contributed by atoms with van der Waals surface area (Å²) in [5.74, 6) is 1.48. The monoisotopic (exact) mass is 621 g/mol. The predicted octanol–water partition coefficient (Wildman–Crippen LogP) is 2.80. The Morgan fingerprint density at radius 3 is 2.29 bits per heavy atom. The number of hydrogen-bond donors (Lipinski definition) is 4. The standard InChI is InChI=1S/C30H47N5O5S2/c1-5-21(4)26-28(38)31-12-16-42-19-23-8-6-7-22(32-23)18-41-15-9-25(36)35-30(10-13-40-14-11-30)29(39)33-24(17-20(2)3)27(37)34-26/h6-8,20-21,24,26H,5,9-19H2,1-4H3,(H,31,38)(H,33,39)(H,34,37)(H,35,36)/t21-,24?,26-/m0/s1. The fourth-order valence-corrected chi connectivity index (χ4v) is 6.58. The van der Waals surface area contributed by atoms with Crippen molar-refractivity contribution < 1.29 is 23.9 Å². The van der Waals surface area contributed by atoms with Gasteiger partial charge in [0.05, 0.1) is 11.4 Å². The lowest BCUT2D eigenvalue weighted by molar-refractivity contribution is -0.140. The first kappa shape index (κ1) is 34.2. The summed E-state index contributed by atoms with van der Waals surface area (Å²) in [6.45, 7) is 9.01. The Balaban J connectivity index is 1.84. The van der Waals surface area contributed by atoms with Gasteiger partial charge >= 0.3 is 0 Å². The summed E-state index contributed by atoms with van der Waals surface area (Å²) < 4.78 is 5.52. The number of carbonyl (C=O) groups is 4. The zero-order valence-corrected chi connectivity index (χ0v) is 27.0. The molecule has 2 aliphatic rings. The van der Waals surface area contributed by atoms with Crippen LogP contribution in [0.5, 0.6) is 0 Å². The van der Waals surface area contributed by atoms with Gasteiger partial charge in [0.15, 0.2) is 0 Å². The van der Waals surface area contributed by atoms with E-state index in [1.165, 1.54) is 0 Å². The number of carbonyl (C=O) groups excluding carboxylic acids is 4. The highest BCUT2D eigenvalue weighted by Crippen LogP contribution is 2.23. The van der Waals surface area contributed by atoms with Gasteiger partial charge in [-0.25, -0.2) is 0 Å². The Kier molecular flexibility index (Phi) is 13.9. The largest absolute Gasteiger partial charge is 0.381 e. The van der Waals surface area contributed by atoms with Gasteiger partial charge in [0.2, 0.25) is 23.6 Å². The first-order chi connectivity index (χ1) is 20.1. The number of pyridine rings is 1. The van der Waals surface area contributed by atoms with E-state index in [2.05, 4.69) is 21.3 Å². The topological polar surface area (TPSA) is 139 Å². The van der Waals surface area contributed by atoms with Crippen molar-refractivity contribution in [2.24, 2.45) is 11.8 Å². The molecule has 3 heterocycles. The maximum atomic E-state index is 13.8. The highest BCUT2D eigenvalue weighted by atomic mass is 32.2. The van der Waals surface area contributed by atoms with Crippen molar-refractivity contribution in [2.45, 2.75) is 88.9 Å². The van der Waals surface area contributed by atoms with E-state index in [4.69, 9.17) is 9.72 Å². The van der Waals surface area contributed by atoms with Gasteiger partial charge in [-0.1, -0.05) is 40.2 Å². The molecule has 0 aliphatic carbocycles. The van der Waals surface area contributed by atoms with Crippen LogP contribution in [-0.2, 0) is 35.4 Å². The Hall–Kier alpha value is -2.31. The molecule has 10 nitrogen and oxygen atoms in total. The molecule has 12 heteroatoms. The van der Waals surface area contributed by atoms with E-state index in [0.29, 0.717) is 62.7 Å². The minimum absolute atomic E-state index is 0.103. The molecule has 234 valence electrons. The number of rotatable bonds is 4. The van der Waals surface area contributed by atoms with Gasteiger partial charge in [-0.05, 0) is 30.4 Å². The second-order valence-corrected chi connectivity index (χ2v) is 13.7. The number of aromatic nitrogens is 1. The second-order valence-electron chi connectivity index (χ2n) is 11.5. The zero-order valence-electron chi connectivity index (χ0n) is 25.3. The van der Waals surface area contributed by atoms with Crippen molar-refractivity contribution >= 4 is 47.2 Å². The molecule has 1 saturated heterocycles. The lowest BCUT2D eigenvalue weighted by Gasteiger charge is -2.38. The normalized spacial score (nSPS) is 24.4. The van der Waals surface area contributed by atoms with Crippen molar-refractivity contribution in [3.8, 4) is 0 Å². The van der Waals surface area contributed by atoms with Crippen molar-refractivity contribution in [1.29, 1.82) is 0 Å². The maximum Gasteiger partial charge on any atom is 0.246 e. The summed E-state index contributed by atoms with van der Waals surface area (Å²) in [7, 11) is 0. The van der Waals surface area contributed by atoms with E-state index in [0.717, 1.165) is 17.1 Å². The van der Waals surface area contributed by atoms with Crippen LogP contribution in [0.3, 0.4) is 0 Å². The Bertz CT molecular complexity index is 1070. The van der Waals surface area contributed by atoms with Gasteiger partial charge in [0.25, 0.3) is 0 Å². The smallest absolute Gasteiger partial charge is 0.246 e. The molecule has 1 unspecified atom stereocenters. The molecule has 42 heavy (non-hydrogen) atoms. The summed E-state index contributed by atoms with van der Waals surface area (Å²) in [5.41, 5.74) is 0.767. The number of ether oxygens (including phenoxy) is 1. The van der Waals surface area contributed by atoms with Gasteiger partial charge < -0.3 is 26.0 Å². The molecule has 0 saturated carbocycles. The zero-order chi connectivity index (χ0) is 30.5.